The molecule has 0 aliphatic carbocycles. The molecule has 3 heterocycles. The van der Waals surface area contributed by atoms with Crippen molar-refractivity contribution in [2.75, 3.05) is 29.8 Å². The number of sulfonamides is 1. The number of nitrogens with one attached hydrogen (secondary N) is 2. The fraction of sp³-hybridized carbons (Fsp3) is 0.368. The maximum Gasteiger partial charge on any atom is 0.271 e. The van der Waals surface area contributed by atoms with Crippen LogP contribution in [0.15, 0.2) is 34.5 Å². The van der Waals surface area contributed by atoms with Gasteiger partial charge in [0, 0.05) is 30.9 Å². The molecule has 0 bridgehead atoms. The van der Waals surface area contributed by atoms with E-state index in [2.05, 4.69) is 38.1 Å². The monoisotopic (exact) mass is 499 g/mol. The standard InChI is InChI=1S/C19H22ClN5O3S3/c1-11-9-25(10-12(2)21-11)13-4-5-15(28-3)14(8-13)24-31(26,27)17-7-6-16(29-17)18-22-19(20)30-23-18/h4-8,11-12,21,24H,9-10H2,1-3H3. The highest BCUT2D eigenvalue weighted by molar-refractivity contribution is 7.94. The molecule has 12 heteroatoms. The summed E-state index contributed by atoms with van der Waals surface area (Å²) in [4.78, 5) is 6.97. The van der Waals surface area contributed by atoms with E-state index in [9.17, 15) is 8.42 Å². The number of thiophene rings is 1. The summed E-state index contributed by atoms with van der Waals surface area (Å²) in [5.41, 5.74) is 1.33. The van der Waals surface area contributed by atoms with Crippen LogP contribution < -0.4 is 19.7 Å². The number of piperazine rings is 1. The van der Waals surface area contributed by atoms with Crippen molar-refractivity contribution in [3.8, 4) is 16.5 Å². The van der Waals surface area contributed by atoms with Crippen LogP contribution in [0.5, 0.6) is 5.75 Å². The maximum atomic E-state index is 13.1. The van der Waals surface area contributed by atoms with Crippen molar-refractivity contribution in [1.82, 2.24) is 14.7 Å². The third-order valence-corrected chi connectivity index (χ3v) is 8.55. The van der Waals surface area contributed by atoms with Crippen LogP contribution in [0.4, 0.5) is 11.4 Å². The number of ether oxygens (including phenoxy) is 1. The second-order valence-corrected chi connectivity index (χ2v) is 11.7. The van der Waals surface area contributed by atoms with E-state index in [-0.39, 0.29) is 4.21 Å². The smallest absolute Gasteiger partial charge is 0.271 e. The fourth-order valence-corrected chi connectivity index (χ4v) is 6.57. The van der Waals surface area contributed by atoms with Gasteiger partial charge in [-0.25, -0.2) is 13.4 Å². The first-order chi connectivity index (χ1) is 14.7. The summed E-state index contributed by atoms with van der Waals surface area (Å²) in [6.07, 6.45) is 0. The summed E-state index contributed by atoms with van der Waals surface area (Å²) in [7, 11) is -2.31. The predicted molar refractivity (Wildman–Crippen MR) is 126 cm³/mol. The molecule has 166 valence electrons. The van der Waals surface area contributed by atoms with Gasteiger partial charge in [0.15, 0.2) is 5.82 Å². The zero-order valence-corrected chi connectivity index (χ0v) is 20.3. The number of hydrogen-bond acceptors (Lipinski definition) is 9. The molecule has 0 radical (unpaired) electrons. The lowest BCUT2D eigenvalue weighted by atomic mass is 10.1. The van der Waals surface area contributed by atoms with Gasteiger partial charge in [-0.3, -0.25) is 4.72 Å². The van der Waals surface area contributed by atoms with E-state index in [4.69, 9.17) is 16.3 Å². The SMILES string of the molecule is COc1ccc(N2CC(C)NC(C)C2)cc1NS(=O)(=O)c1ccc(-c2nsc(Cl)n2)s1. The second kappa shape index (κ2) is 8.91. The number of benzene rings is 1. The Bertz CT molecular complexity index is 1170. The molecule has 8 nitrogen and oxygen atoms in total. The first-order valence-corrected chi connectivity index (χ1v) is 13.0. The van der Waals surface area contributed by atoms with E-state index >= 15 is 0 Å². The van der Waals surface area contributed by atoms with Crippen molar-refractivity contribution in [3.05, 3.63) is 34.8 Å². The van der Waals surface area contributed by atoms with Crippen molar-refractivity contribution in [3.63, 3.8) is 0 Å². The molecule has 2 atom stereocenters. The van der Waals surface area contributed by atoms with Gasteiger partial charge in [0.05, 0.1) is 17.7 Å². The zero-order valence-electron chi connectivity index (χ0n) is 17.1. The lowest BCUT2D eigenvalue weighted by molar-refractivity contribution is 0.406. The van der Waals surface area contributed by atoms with Crippen LogP contribution in [0.25, 0.3) is 10.7 Å². The Hall–Kier alpha value is -1.92. The second-order valence-electron chi connectivity index (χ2n) is 7.35. The molecule has 1 aliphatic heterocycles. The summed E-state index contributed by atoms with van der Waals surface area (Å²) in [6.45, 7) is 5.93. The average Bonchev–Trinajstić information content (AvgIpc) is 3.36. The maximum absolute atomic E-state index is 13.1. The molecule has 2 N–H and O–H groups in total. The largest absolute Gasteiger partial charge is 0.495 e. The van der Waals surface area contributed by atoms with Crippen molar-refractivity contribution in [2.45, 2.75) is 30.1 Å². The minimum Gasteiger partial charge on any atom is -0.495 e. The van der Waals surface area contributed by atoms with Crippen LogP contribution in [0.1, 0.15) is 13.8 Å². The van der Waals surface area contributed by atoms with Crippen molar-refractivity contribution >= 4 is 55.9 Å². The molecule has 4 rings (SSSR count). The first kappa shape index (κ1) is 22.3. The van der Waals surface area contributed by atoms with Crippen molar-refractivity contribution < 1.29 is 13.2 Å². The lowest BCUT2D eigenvalue weighted by Gasteiger charge is -2.38. The Morgan fingerprint density at radius 3 is 2.61 bits per heavy atom. The molecule has 2 aromatic heterocycles. The molecule has 1 aliphatic rings. The van der Waals surface area contributed by atoms with Gasteiger partial charge in [0.1, 0.15) is 9.96 Å². The van der Waals surface area contributed by atoms with Crippen LogP contribution in [0.2, 0.25) is 4.47 Å². The van der Waals surface area contributed by atoms with Crippen LogP contribution >= 0.6 is 34.5 Å². The topological polar surface area (TPSA) is 96.5 Å². The van der Waals surface area contributed by atoms with Crippen molar-refractivity contribution in [1.29, 1.82) is 0 Å². The Morgan fingerprint density at radius 1 is 1.23 bits per heavy atom. The predicted octanol–water partition coefficient (Wildman–Crippen LogP) is 3.92. The summed E-state index contributed by atoms with van der Waals surface area (Å²) >= 11 is 7.99. The van der Waals surface area contributed by atoms with Crippen LogP contribution in [0.3, 0.4) is 0 Å². The summed E-state index contributed by atoms with van der Waals surface area (Å²) < 4.78 is 38.8. The third-order valence-electron chi connectivity index (χ3n) is 4.82. The van der Waals surface area contributed by atoms with Crippen molar-refractivity contribution in [2.24, 2.45) is 0 Å². The van der Waals surface area contributed by atoms with E-state index in [1.165, 1.54) is 13.2 Å². The van der Waals surface area contributed by atoms with Gasteiger partial charge in [0.2, 0.25) is 4.47 Å². The van der Waals surface area contributed by atoms with Gasteiger partial charge in [-0.15, -0.1) is 11.3 Å². The zero-order chi connectivity index (χ0) is 22.2. The molecule has 31 heavy (non-hydrogen) atoms. The molecule has 0 amide bonds. The number of methoxy groups -OCH3 is 1. The molecular formula is C19H22ClN5O3S3. The van der Waals surface area contributed by atoms with E-state index in [1.54, 1.807) is 12.1 Å². The number of anilines is 2. The van der Waals surface area contributed by atoms with Gasteiger partial charge in [0.25, 0.3) is 10.0 Å². The van der Waals surface area contributed by atoms with Gasteiger partial charge in [-0.1, -0.05) is 0 Å². The number of aromatic nitrogens is 2. The molecule has 0 saturated carbocycles. The summed E-state index contributed by atoms with van der Waals surface area (Å²) in [5, 5.41) is 3.50. The first-order valence-electron chi connectivity index (χ1n) is 9.56. The molecule has 1 saturated heterocycles. The molecular weight excluding hydrogens is 478 g/mol. The quantitative estimate of drug-likeness (QED) is 0.530. The van der Waals surface area contributed by atoms with Crippen LogP contribution in [-0.2, 0) is 10.0 Å². The number of rotatable bonds is 6. The molecule has 3 aromatic rings. The van der Waals surface area contributed by atoms with Gasteiger partial charge in [-0.05, 0) is 67.3 Å². The van der Waals surface area contributed by atoms with Crippen LogP contribution in [-0.4, -0.2) is 50.1 Å². The minimum atomic E-state index is -3.82. The number of nitrogens with zero attached hydrogens (tertiary/aromatic N) is 3. The summed E-state index contributed by atoms with van der Waals surface area (Å²) in [6, 6.07) is 9.43. The van der Waals surface area contributed by atoms with E-state index < -0.39 is 10.0 Å². The normalized spacial score (nSPS) is 19.4. The van der Waals surface area contributed by atoms with Gasteiger partial charge in [-0.2, -0.15) is 4.37 Å². The average molecular weight is 500 g/mol. The highest BCUT2D eigenvalue weighted by Crippen LogP contribution is 2.35. The van der Waals surface area contributed by atoms with Crippen LogP contribution in [0, 0.1) is 0 Å². The fourth-order valence-electron chi connectivity index (χ4n) is 3.59. The summed E-state index contributed by atoms with van der Waals surface area (Å²) in [5.74, 6) is 0.872. The Morgan fingerprint density at radius 2 is 1.97 bits per heavy atom. The molecule has 1 aromatic carbocycles. The number of hydrogen-bond donors (Lipinski definition) is 2. The van der Waals surface area contributed by atoms with Gasteiger partial charge < -0.3 is 15.0 Å². The number of halogens is 1. The van der Waals surface area contributed by atoms with E-state index in [0.717, 1.165) is 41.6 Å². The molecule has 1 fully saturated rings. The Kier molecular flexibility index (Phi) is 6.40. The minimum absolute atomic E-state index is 0.158. The highest BCUT2D eigenvalue weighted by Gasteiger charge is 2.24. The van der Waals surface area contributed by atoms with E-state index in [1.807, 2.05) is 12.1 Å². The lowest BCUT2D eigenvalue weighted by Crippen LogP contribution is -2.54. The van der Waals surface area contributed by atoms with Gasteiger partial charge >= 0.3 is 0 Å². The van der Waals surface area contributed by atoms with E-state index in [0.29, 0.717) is 38.7 Å². The molecule has 0 spiro atoms. The third kappa shape index (κ3) is 4.96. The Balaban J connectivity index is 1.61. The molecule has 2 unspecified atom stereocenters. The highest BCUT2D eigenvalue weighted by atomic mass is 35.5. The Labute approximate surface area is 194 Å².